The van der Waals surface area contributed by atoms with Crippen LogP contribution in [0.5, 0.6) is 0 Å². The van der Waals surface area contributed by atoms with Crippen LogP contribution in [0.3, 0.4) is 0 Å². The van der Waals surface area contributed by atoms with E-state index in [1.165, 1.54) is 0 Å². The van der Waals surface area contributed by atoms with E-state index in [0.717, 1.165) is 44.0 Å². The highest BCUT2D eigenvalue weighted by Crippen LogP contribution is 2.19. The second kappa shape index (κ2) is 11.5. The van der Waals surface area contributed by atoms with Crippen molar-refractivity contribution in [2.75, 3.05) is 44.2 Å². The van der Waals surface area contributed by atoms with Gasteiger partial charge in [-0.05, 0) is 26.2 Å². The summed E-state index contributed by atoms with van der Waals surface area (Å²) in [4.78, 5) is 35.3. The SMILES string of the molecule is CCNC(=NCCC(CC)N1CCCC1=O)N1CCN(c2cnn(C)c2)C(=O)C1.I. The number of aromatic nitrogens is 2. The number of nitrogens with zero attached hydrogens (tertiary/aromatic N) is 6. The second-order valence-corrected chi connectivity index (χ2v) is 7.62. The fraction of sp³-hybridized carbons (Fsp3) is 0.700. The lowest BCUT2D eigenvalue weighted by atomic mass is 10.1. The van der Waals surface area contributed by atoms with Crippen molar-refractivity contribution in [1.29, 1.82) is 0 Å². The van der Waals surface area contributed by atoms with Gasteiger partial charge in [-0.2, -0.15) is 5.10 Å². The minimum atomic E-state index is 0. The van der Waals surface area contributed by atoms with Crippen molar-refractivity contribution in [2.24, 2.45) is 12.0 Å². The van der Waals surface area contributed by atoms with Gasteiger partial charge in [0.2, 0.25) is 11.8 Å². The molecule has 0 radical (unpaired) electrons. The van der Waals surface area contributed by atoms with Gasteiger partial charge >= 0.3 is 0 Å². The molecule has 0 saturated carbocycles. The molecule has 3 rings (SSSR count). The van der Waals surface area contributed by atoms with Crippen molar-refractivity contribution >= 4 is 47.4 Å². The number of carbonyl (C=O) groups is 2. The summed E-state index contributed by atoms with van der Waals surface area (Å²) in [5.41, 5.74) is 0.833. The van der Waals surface area contributed by atoms with E-state index in [1.54, 1.807) is 15.8 Å². The summed E-state index contributed by atoms with van der Waals surface area (Å²) in [5.74, 6) is 1.09. The molecule has 10 heteroatoms. The van der Waals surface area contributed by atoms with Crippen LogP contribution in [0.2, 0.25) is 0 Å². The Kier molecular flexibility index (Phi) is 9.37. The number of nitrogens with one attached hydrogen (secondary N) is 1. The first-order valence-corrected chi connectivity index (χ1v) is 10.6. The van der Waals surface area contributed by atoms with Gasteiger partial charge in [-0.1, -0.05) is 6.92 Å². The lowest BCUT2D eigenvalue weighted by Gasteiger charge is -2.35. The zero-order valence-corrected chi connectivity index (χ0v) is 20.5. The maximum Gasteiger partial charge on any atom is 0.246 e. The lowest BCUT2D eigenvalue weighted by Crippen LogP contribution is -2.55. The summed E-state index contributed by atoms with van der Waals surface area (Å²) in [6.07, 6.45) is 7.01. The first-order chi connectivity index (χ1) is 14.0. The predicted octanol–water partition coefficient (Wildman–Crippen LogP) is 1.44. The Morgan fingerprint density at radius 2 is 2.03 bits per heavy atom. The molecule has 1 atom stereocenters. The maximum atomic E-state index is 12.7. The molecule has 3 heterocycles. The van der Waals surface area contributed by atoms with Crippen LogP contribution in [0.25, 0.3) is 0 Å². The normalized spacial score (nSPS) is 18.6. The van der Waals surface area contributed by atoms with Gasteiger partial charge in [0.1, 0.15) is 6.54 Å². The van der Waals surface area contributed by atoms with Crippen LogP contribution >= 0.6 is 24.0 Å². The number of hydrogen-bond acceptors (Lipinski definition) is 4. The molecular weight excluding hydrogens is 497 g/mol. The Morgan fingerprint density at radius 1 is 1.23 bits per heavy atom. The Morgan fingerprint density at radius 3 is 2.60 bits per heavy atom. The summed E-state index contributed by atoms with van der Waals surface area (Å²) in [5, 5.41) is 7.47. The van der Waals surface area contributed by atoms with Crippen LogP contribution in [0.15, 0.2) is 17.4 Å². The van der Waals surface area contributed by atoms with E-state index >= 15 is 0 Å². The van der Waals surface area contributed by atoms with Crippen molar-refractivity contribution in [3.63, 3.8) is 0 Å². The van der Waals surface area contributed by atoms with Crippen LogP contribution in [0.4, 0.5) is 5.69 Å². The van der Waals surface area contributed by atoms with Crippen LogP contribution in [-0.4, -0.2) is 82.7 Å². The molecule has 2 saturated heterocycles. The minimum absolute atomic E-state index is 0. The number of amides is 2. The quantitative estimate of drug-likeness (QED) is 0.327. The van der Waals surface area contributed by atoms with Crippen molar-refractivity contribution in [2.45, 2.75) is 45.6 Å². The van der Waals surface area contributed by atoms with Gasteiger partial charge in [0.25, 0.3) is 0 Å². The average Bonchev–Trinajstić information content (AvgIpc) is 3.32. The molecule has 1 N–H and O–H groups in total. The van der Waals surface area contributed by atoms with Crippen LogP contribution < -0.4 is 10.2 Å². The number of rotatable bonds is 7. The topological polar surface area (TPSA) is 86.1 Å². The van der Waals surface area contributed by atoms with Gasteiger partial charge in [-0.15, -0.1) is 24.0 Å². The number of anilines is 1. The third kappa shape index (κ3) is 5.86. The van der Waals surface area contributed by atoms with Crippen LogP contribution in [0.1, 0.15) is 39.5 Å². The number of hydrogen-bond donors (Lipinski definition) is 1. The molecular formula is C20H34IN7O2. The fourth-order valence-corrected chi connectivity index (χ4v) is 4.06. The molecule has 1 aromatic rings. The van der Waals surface area contributed by atoms with Gasteiger partial charge in [-0.3, -0.25) is 19.3 Å². The number of guanidine groups is 1. The molecule has 0 bridgehead atoms. The molecule has 2 fully saturated rings. The second-order valence-electron chi connectivity index (χ2n) is 7.62. The highest BCUT2D eigenvalue weighted by molar-refractivity contribution is 14.0. The maximum absolute atomic E-state index is 12.7. The van der Waals surface area contributed by atoms with E-state index in [9.17, 15) is 9.59 Å². The van der Waals surface area contributed by atoms with E-state index in [4.69, 9.17) is 4.99 Å². The zero-order valence-electron chi connectivity index (χ0n) is 18.2. The number of halogens is 1. The highest BCUT2D eigenvalue weighted by atomic mass is 127. The van der Waals surface area contributed by atoms with Crippen LogP contribution in [0, 0.1) is 0 Å². The first kappa shape index (κ1) is 24.4. The largest absolute Gasteiger partial charge is 0.357 e. The molecule has 2 aliphatic heterocycles. The number of aliphatic imine (C=N–C) groups is 1. The van der Waals surface area contributed by atoms with E-state index < -0.39 is 0 Å². The minimum Gasteiger partial charge on any atom is -0.357 e. The molecule has 9 nitrogen and oxygen atoms in total. The number of aryl methyl sites for hydroxylation is 1. The number of piperazine rings is 1. The van der Waals surface area contributed by atoms with Gasteiger partial charge < -0.3 is 20.0 Å². The third-order valence-corrected chi connectivity index (χ3v) is 5.60. The third-order valence-electron chi connectivity index (χ3n) is 5.60. The molecule has 30 heavy (non-hydrogen) atoms. The standard InChI is InChI=1S/C20H33N7O2.HI/c1-4-16(26-10-6-7-18(26)28)8-9-22-20(21-5-2)25-11-12-27(19(29)15-25)17-13-23-24(3)14-17;/h13-14,16H,4-12,15H2,1-3H3,(H,21,22);1H. The summed E-state index contributed by atoms with van der Waals surface area (Å²) < 4.78 is 1.70. The number of carbonyl (C=O) groups excluding carboxylic acids is 2. The van der Waals surface area contributed by atoms with E-state index in [0.29, 0.717) is 32.6 Å². The van der Waals surface area contributed by atoms with Crippen LogP contribution in [-0.2, 0) is 16.6 Å². The Hall–Kier alpha value is -1.85. The van der Waals surface area contributed by atoms with Gasteiger partial charge in [-0.25, -0.2) is 0 Å². The smallest absolute Gasteiger partial charge is 0.246 e. The summed E-state index contributed by atoms with van der Waals surface area (Å²) in [7, 11) is 1.85. The fourth-order valence-electron chi connectivity index (χ4n) is 4.06. The number of likely N-dealkylation sites (tertiary alicyclic amines) is 1. The Balaban J connectivity index is 0.00000320. The summed E-state index contributed by atoms with van der Waals surface area (Å²) in [6.45, 7) is 8.03. The molecule has 168 valence electrons. The molecule has 1 unspecified atom stereocenters. The van der Waals surface area contributed by atoms with Crippen molar-refractivity contribution in [3.05, 3.63) is 12.4 Å². The van der Waals surface area contributed by atoms with Gasteiger partial charge in [0.15, 0.2) is 5.96 Å². The van der Waals surface area contributed by atoms with Crippen molar-refractivity contribution in [3.8, 4) is 0 Å². The Bertz CT molecular complexity index is 751. The highest BCUT2D eigenvalue weighted by Gasteiger charge is 2.28. The van der Waals surface area contributed by atoms with E-state index in [1.807, 2.05) is 30.0 Å². The molecule has 0 spiro atoms. The van der Waals surface area contributed by atoms with E-state index in [2.05, 4.69) is 17.3 Å². The van der Waals surface area contributed by atoms with Gasteiger partial charge in [0.05, 0.1) is 11.9 Å². The van der Waals surface area contributed by atoms with Crippen molar-refractivity contribution in [1.82, 2.24) is 24.9 Å². The lowest BCUT2D eigenvalue weighted by molar-refractivity contribution is -0.129. The molecule has 2 amide bonds. The Labute approximate surface area is 195 Å². The van der Waals surface area contributed by atoms with Crippen molar-refractivity contribution < 1.29 is 9.59 Å². The summed E-state index contributed by atoms with van der Waals surface area (Å²) >= 11 is 0. The molecule has 1 aromatic heterocycles. The zero-order chi connectivity index (χ0) is 20.8. The molecule has 2 aliphatic rings. The summed E-state index contributed by atoms with van der Waals surface area (Å²) in [6, 6.07) is 0.251. The average molecular weight is 531 g/mol. The molecule has 0 aliphatic carbocycles. The first-order valence-electron chi connectivity index (χ1n) is 10.6. The monoisotopic (exact) mass is 531 g/mol. The van der Waals surface area contributed by atoms with Gasteiger partial charge in [0, 0.05) is 58.4 Å². The molecule has 0 aromatic carbocycles. The predicted molar refractivity (Wildman–Crippen MR) is 128 cm³/mol. The van der Waals surface area contributed by atoms with E-state index in [-0.39, 0.29) is 41.8 Å².